The summed E-state index contributed by atoms with van der Waals surface area (Å²) in [4.78, 5) is 29.4. The number of urea groups is 1. The minimum absolute atomic E-state index is 0.0216. The second-order valence-electron chi connectivity index (χ2n) is 9.24. The van der Waals surface area contributed by atoms with Gasteiger partial charge in [0.1, 0.15) is 12.3 Å². The average Bonchev–Trinajstić information content (AvgIpc) is 3.26. The third kappa shape index (κ3) is 8.04. The molecule has 0 aliphatic carbocycles. The molecule has 182 valence electrons. The van der Waals surface area contributed by atoms with Crippen molar-refractivity contribution < 1.29 is 23.5 Å². The van der Waals surface area contributed by atoms with E-state index in [9.17, 15) is 9.59 Å². The molecule has 1 aromatic carbocycles. The summed E-state index contributed by atoms with van der Waals surface area (Å²) in [5, 5.41) is 2.94. The minimum Gasteiger partial charge on any atom is -0.493 e. The van der Waals surface area contributed by atoms with Gasteiger partial charge in [0, 0.05) is 18.1 Å². The van der Waals surface area contributed by atoms with Crippen molar-refractivity contribution in [2.45, 2.75) is 59.2 Å². The molecule has 0 unspecified atom stereocenters. The molecule has 2 aromatic rings. The van der Waals surface area contributed by atoms with Crippen LogP contribution in [0.15, 0.2) is 41.0 Å². The molecule has 33 heavy (non-hydrogen) atoms. The number of carbonyl (C=O) groups excluding carboxylic acids is 2. The Morgan fingerprint density at radius 3 is 2.33 bits per heavy atom. The molecule has 2 rings (SSSR count). The van der Waals surface area contributed by atoms with Crippen molar-refractivity contribution in [3.8, 4) is 11.5 Å². The molecule has 0 aliphatic rings. The van der Waals surface area contributed by atoms with Gasteiger partial charge < -0.3 is 29.0 Å². The maximum Gasteiger partial charge on any atom is 0.318 e. The quantitative estimate of drug-likeness (QED) is 0.579. The largest absolute Gasteiger partial charge is 0.493 e. The lowest BCUT2D eigenvalue weighted by Crippen LogP contribution is -2.53. The van der Waals surface area contributed by atoms with Gasteiger partial charge >= 0.3 is 6.03 Å². The third-order valence-electron chi connectivity index (χ3n) is 5.07. The number of ether oxygens (including phenoxy) is 2. The SMILES string of the molecule is COc1ccc(CCN(Cc2ccco2)C(=O)CN(C(=O)NC(C)(C)C)C(C)C)cc1OC. The number of hydrogen-bond acceptors (Lipinski definition) is 5. The Bertz CT molecular complexity index is 903. The van der Waals surface area contributed by atoms with E-state index in [0.717, 1.165) is 5.56 Å². The van der Waals surface area contributed by atoms with Gasteiger partial charge in [-0.2, -0.15) is 0 Å². The molecular weight excluding hydrogens is 422 g/mol. The van der Waals surface area contributed by atoms with Gasteiger partial charge in [-0.25, -0.2) is 4.79 Å². The van der Waals surface area contributed by atoms with Gasteiger partial charge in [0.25, 0.3) is 0 Å². The third-order valence-corrected chi connectivity index (χ3v) is 5.07. The van der Waals surface area contributed by atoms with E-state index >= 15 is 0 Å². The summed E-state index contributed by atoms with van der Waals surface area (Å²) in [6, 6.07) is 8.95. The molecular formula is C25H37N3O5. The summed E-state index contributed by atoms with van der Waals surface area (Å²) in [6.45, 7) is 10.3. The van der Waals surface area contributed by atoms with E-state index in [1.165, 1.54) is 0 Å². The normalized spacial score (nSPS) is 11.3. The van der Waals surface area contributed by atoms with Crippen LogP contribution in [-0.4, -0.2) is 60.6 Å². The Morgan fingerprint density at radius 1 is 1.09 bits per heavy atom. The molecule has 0 saturated carbocycles. The van der Waals surface area contributed by atoms with Crippen LogP contribution in [-0.2, 0) is 17.8 Å². The molecule has 0 atom stereocenters. The van der Waals surface area contributed by atoms with Gasteiger partial charge in [0.15, 0.2) is 11.5 Å². The standard InChI is InChI=1S/C25H37N3O5/c1-18(2)28(24(30)26-25(3,4)5)17-23(29)27(16-20-9-8-14-33-20)13-12-19-10-11-21(31-6)22(15-19)32-7/h8-11,14-15,18H,12-13,16-17H2,1-7H3,(H,26,30). The van der Waals surface area contributed by atoms with Crippen molar-refractivity contribution in [1.29, 1.82) is 0 Å². The summed E-state index contributed by atoms with van der Waals surface area (Å²) in [5.74, 6) is 1.83. The summed E-state index contributed by atoms with van der Waals surface area (Å²) in [7, 11) is 3.19. The first-order valence-corrected chi connectivity index (χ1v) is 11.1. The number of hydrogen-bond donors (Lipinski definition) is 1. The molecule has 0 spiro atoms. The molecule has 3 amide bonds. The van der Waals surface area contributed by atoms with Crippen LogP contribution >= 0.6 is 0 Å². The van der Waals surface area contributed by atoms with E-state index in [-0.39, 0.29) is 24.5 Å². The van der Waals surface area contributed by atoms with Crippen molar-refractivity contribution in [3.05, 3.63) is 47.9 Å². The Labute approximate surface area is 196 Å². The number of nitrogens with one attached hydrogen (secondary N) is 1. The molecule has 8 heteroatoms. The lowest BCUT2D eigenvalue weighted by atomic mass is 10.1. The number of rotatable bonds is 10. The molecule has 0 bridgehead atoms. The molecule has 1 N–H and O–H groups in total. The Hall–Kier alpha value is -3.16. The number of methoxy groups -OCH3 is 2. The van der Waals surface area contributed by atoms with Crippen molar-refractivity contribution >= 4 is 11.9 Å². The van der Waals surface area contributed by atoms with Crippen LogP contribution in [0.25, 0.3) is 0 Å². The van der Waals surface area contributed by atoms with Crippen LogP contribution in [0.4, 0.5) is 4.79 Å². The van der Waals surface area contributed by atoms with Gasteiger partial charge in [-0.3, -0.25) is 4.79 Å². The molecule has 1 aromatic heterocycles. The van der Waals surface area contributed by atoms with E-state index in [1.54, 1.807) is 36.3 Å². The molecule has 1 heterocycles. The van der Waals surface area contributed by atoms with Gasteiger partial charge in [0.05, 0.1) is 27.0 Å². The fourth-order valence-electron chi connectivity index (χ4n) is 3.31. The van der Waals surface area contributed by atoms with E-state index in [2.05, 4.69) is 5.32 Å². The zero-order valence-corrected chi connectivity index (χ0v) is 20.8. The maximum atomic E-state index is 13.3. The Morgan fingerprint density at radius 2 is 1.79 bits per heavy atom. The predicted octanol–water partition coefficient (Wildman–Crippen LogP) is 4.09. The summed E-state index contributed by atoms with van der Waals surface area (Å²) in [6.07, 6.45) is 2.20. The molecule has 0 aliphatic heterocycles. The highest BCUT2D eigenvalue weighted by molar-refractivity contribution is 5.84. The average molecular weight is 460 g/mol. The topological polar surface area (TPSA) is 84.2 Å². The van der Waals surface area contributed by atoms with Gasteiger partial charge in [-0.1, -0.05) is 6.07 Å². The maximum absolute atomic E-state index is 13.3. The lowest BCUT2D eigenvalue weighted by molar-refractivity contribution is -0.133. The van der Waals surface area contributed by atoms with Crippen molar-refractivity contribution in [3.63, 3.8) is 0 Å². The Balaban J connectivity index is 2.16. The van der Waals surface area contributed by atoms with E-state index in [0.29, 0.717) is 36.8 Å². The number of furan rings is 1. The second kappa shape index (κ2) is 11.6. The fourth-order valence-corrected chi connectivity index (χ4v) is 3.31. The van der Waals surface area contributed by atoms with Gasteiger partial charge in [-0.15, -0.1) is 0 Å². The first-order valence-electron chi connectivity index (χ1n) is 11.1. The van der Waals surface area contributed by atoms with E-state index < -0.39 is 5.54 Å². The Kier molecular flexibility index (Phi) is 9.20. The van der Waals surface area contributed by atoms with Crippen LogP contribution in [0.3, 0.4) is 0 Å². The fraction of sp³-hybridized carbons (Fsp3) is 0.520. The van der Waals surface area contributed by atoms with Crippen LogP contribution in [0.2, 0.25) is 0 Å². The molecule has 0 fully saturated rings. The van der Waals surface area contributed by atoms with Crippen LogP contribution in [0.5, 0.6) is 11.5 Å². The minimum atomic E-state index is -0.394. The van der Waals surface area contributed by atoms with Crippen LogP contribution in [0, 0.1) is 0 Å². The highest BCUT2D eigenvalue weighted by atomic mass is 16.5. The zero-order chi connectivity index (χ0) is 24.6. The van der Waals surface area contributed by atoms with Crippen molar-refractivity contribution in [2.24, 2.45) is 0 Å². The van der Waals surface area contributed by atoms with Crippen molar-refractivity contribution in [2.75, 3.05) is 27.3 Å². The van der Waals surface area contributed by atoms with Gasteiger partial charge in [0.2, 0.25) is 5.91 Å². The summed E-state index contributed by atoms with van der Waals surface area (Å²) in [5.41, 5.74) is 0.616. The van der Waals surface area contributed by atoms with Gasteiger partial charge in [-0.05, 0) is 70.9 Å². The number of nitrogens with zero attached hydrogens (tertiary/aromatic N) is 2. The molecule has 0 radical (unpaired) electrons. The monoisotopic (exact) mass is 459 g/mol. The highest BCUT2D eigenvalue weighted by Crippen LogP contribution is 2.27. The smallest absolute Gasteiger partial charge is 0.318 e. The number of carbonyl (C=O) groups is 2. The predicted molar refractivity (Wildman–Crippen MR) is 128 cm³/mol. The van der Waals surface area contributed by atoms with Crippen LogP contribution < -0.4 is 14.8 Å². The lowest BCUT2D eigenvalue weighted by Gasteiger charge is -2.32. The second-order valence-corrected chi connectivity index (χ2v) is 9.24. The summed E-state index contributed by atoms with van der Waals surface area (Å²) >= 11 is 0. The molecule has 0 saturated heterocycles. The first kappa shape index (κ1) is 26.1. The number of benzene rings is 1. The number of amides is 3. The highest BCUT2D eigenvalue weighted by Gasteiger charge is 2.26. The molecule has 8 nitrogen and oxygen atoms in total. The van der Waals surface area contributed by atoms with E-state index in [4.69, 9.17) is 13.9 Å². The van der Waals surface area contributed by atoms with Crippen molar-refractivity contribution in [1.82, 2.24) is 15.1 Å². The first-order chi connectivity index (χ1) is 15.5. The van der Waals surface area contributed by atoms with E-state index in [1.807, 2.05) is 58.9 Å². The summed E-state index contributed by atoms with van der Waals surface area (Å²) < 4.78 is 16.2. The van der Waals surface area contributed by atoms with Crippen LogP contribution in [0.1, 0.15) is 45.9 Å². The zero-order valence-electron chi connectivity index (χ0n) is 20.8.